The zero-order valence-electron chi connectivity index (χ0n) is 5.31. The predicted octanol–water partition coefficient (Wildman–Crippen LogP) is 2.20. The summed E-state index contributed by atoms with van der Waals surface area (Å²) < 4.78 is 0. The van der Waals surface area contributed by atoms with Crippen molar-refractivity contribution in [1.82, 2.24) is 0 Å². The van der Waals surface area contributed by atoms with Gasteiger partial charge in [0.2, 0.25) is 0 Å². The van der Waals surface area contributed by atoms with Crippen LogP contribution in [0.2, 0.25) is 0 Å². The number of rotatable bonds is 0. The fourth-order valence-corrected chi connectivity index (χ4v) is 1.54. The zero-order chi connectivity index (χ0) is 6.69. The molecule has 0 atom stereocenters. The Bertz CT molecular complexity index is 110. The maximum atomic E-state index is 9.08. The van der Waals surface area contributed by atoms with Crippen molar-refractivity contribution in [2.45, 2.75) is 31.8 Å². The number of allylic oxidation sites excluding steroid dienone is 1. The van der Waals surface area contributed by atoms with E-state index >= 15 is 0 Å². The summed E-state index contributed by atoms with van der Waals surface area (Å²) in [5.41, 5.74) is 1.43. The van der Waals surface area contributed by atoms with Gasteiger partial charge < -0.3 is 5.11 Å². The van der Waals surface area contributed by atoms with Crippen LogP contribution in [0.15, 0.2) is 10.6 Å². The van der Waals surface area contributed by atoms with Crippen LogP contribution in [-0.4, -0.2) is 11.2 Å². The molecule has 0 heterocycles. The SMILES string of the molecule is OC1CCC(=CBr)CC1. The molecule has 1 fully saturated rings. The topological polar surface area (TPSA) is 20.2 Å². The van der Waals surface area contributed by atoms with E-state index in [-0.39, 0.29) is 6.10 Å². The van der Waals surface area contributed by atoms with Crippen molar-refractivity contribution in [3.63, 3.8) is 0 Å². The van der Waals surface area contributed by atoms with Crippen molar-refractivity contribution in [2.24, 2.45) is 0 Å². The molecule has 0 amide bonds. The fraction of sp³-hybridized carbons (Fsp3) is 0.714. The van der Waals surface area contributed by atoms with Crippen molar-refractivity contribution in [1.29, 1.82) is 0 Å². The third-order valence-corrected chi connectivity index (χ3v) is 2.40. The molecule has 0 aliphatic heterocycles. The molecule has 9 heavy (non-hydrogen) atoms. The van der Waals surface area contributed by atoms with Gasteiger partial charge in [-0.15, -0.1) is 0 Å². The highest BCUT2D eigenvalue weighted by molar-refractivity contribution is 9.11. The highest BCUT2D eigenvalue weighted by Gasteiger charge is 2.12. The lowest BCUT2D eigenvalue weighted by Crippen LogP contribution is -2.11. The average molecular weight is 191 g/mol. The third-order valence-electron chi connectivity index (χ3n) is 1.75. The number of aliphatic hydroxyl groups excluding tert-OH is 1. The van der Waals surface area contributed by atoms with E-state index in [0.29, 0.717) is 0 Å². The summed E-state index contributed by atoms with van der Waals surface area (Å²) in [7, 11) is 0. The predicted molar refractivity (Wildman–Crippen MR) is 41.5 cm³/mol. The minimum absolute atomic E-state index is 0.0406. The van der Waals surface area contributed by atoms with Crippen molar-refractivity contribution >= 4 is 15.9 Å². The van der Waals surface area contributed by atoms with Crippen molar-refractivity contribution < 1.29 is 5.11 Å². The van der Waals surface area contributed by atoms with Crippen LogP contribution in [0.1, 0.15) is 25.7 Å². The Kier molecular flexibility index (Phi) is 2.73. The Hall–Kier alpha value is 0.180. The second kappa shape index (κ2) is 3.37. The second-order valence-electron chi connectivity index (χ2n) is 2.50. The summed E-state index contributed by atoms with van der Waals surface area (Å²) in [5, 5.41) is 9.08. The first kappa shape index (κ1) is 7.29. The smallest absolute Gasteiger partial charge is 0.0546 e. The van der Waals surface area contributed by atoms with E-state index in [1.54, 1.807) is 0 Å². The molecule has 0 unspecified atom stereocenters. The molecule has 2 heteroatoms. The van der Waals surface area contributed by atoms with E-state index < -0.39 is 0 Å². The molecule has 1 nitrogen and oxygen atoms in total. The molecule has 1 N–H and O–H groups in total. The van der Waals surface area contributed by atoms with Crippen LogP contribution in [0.5, 0.6) is 0 Å². The molecule has 0 aromatic heterocycles. The summed E-state index contributed by atoms with van der Waals surface area (Å²) in [4.78, 5) is 1.98. The van der Waals surface area contributed by atoms with Gasteiger partial charge in [-0.05, 0) is 30.7 Å². The van der Waals surface area contributed by atoms with E-state index in [4.69, 9.17) is 5.11 Å². The minimum Gasteiger partial charge on any atom is -0.393 e. The normalized spacial score (nSPS) is 28.2. The highest BCUT2D eigenvalue weighted by Crippen LogP contribution is 2.23. The Morgan fingerprint density at radius 1 is 1.44 bits per heavy atom. The molecule has 1 rings (SSSR count). The van der Waals surface area contributed by atoms with E-state index in [2.05, 4.69) is 15.9 Å². The molecule has 0 spiro atoms. The summed E-state index contributed by atoms with van der Waals surface area (Å²) in [6, 6.07) is 0. The average Bonchev–Trinajstić information content (AvgIpc) is 1.90. The highest BCUT2D eigenvalue weighted by atomic mass is 79.9. The number of hydrogen-bond acceptors (Lipinski definition) is 1. The second-order valence-corrected chi connectivity index (χ2v) is 2.96. The van der Waals surface area contributed by atoms with Gasteiger partial charge in [0.05, 0.1) is 6.10 Å². The van der Waals surface area contributed by atoms with Gasteiger partial charge in [0.25, 0.3) is 0 Å². The first-order valence-corrected chi connectivity index (χ1v) is 4.20. The Morgan fingerprint density at radius 3 is 2.44 bits per heavy atom. The largest absolute Gasteiger partial charge is 0.393 e. The zero-order valence-corrected chi connectivity index (χ0v) is 6.89. The van der Waals surface area contributed by atoms with Gasteiger partial charge in [-0.2, -0.15) is 0 Å². The monoisotopic (exact) mass is 190 g/mol. The molecule has 0 radical (unpaired) electrons. The Morgan fingerprint density at radius 2 is 2.00 bits per heavy atom. The van der Waals surface area contributed by atoms with Crippen LogP contribution in [0.25, 0.3) is 0 Å². The molecule has 52 valence electrons. The molecular weight excluding hydrogens is 180 g/mol. The maximum absolute atomic E-state index is 9.08. The summed E-state index contributed by atoms with van der Waals surface area (Å²) in [6.45, 7) is 0. The van der Waals surface area contributed by atoms with Crippen LogP contribution in [0.4, 0.5) is 0 Å². The summed E-state index contributed by atoms with van der Waals surface area (Å²) in [5.74, 6) is 0. The van der Waals surface area contributed by atoms with Crippen molar-refractivity contribution in [2.75, 3.05) is 0 Å². The first-order valence-electron chi connectivity index (χ1n) is 3.29. The lowest BCUT2D eigenvalue weighted by molar-refractivity contribution is 0.143. The van der Waals surface area contributed by atoms with Gasteiger partial charge in [-0.25, -0.2) is 0 Å². The molecule has 1 aliphatic rings. The Labute approximate surface area is 63.9 Å². The summed E-state index contributed by atoms with van der Waals surface area (Å²) in [6.07, 6.45) is 3.97. The van der Waals surface area contributed by atoms with Gasteiger partial charge >= 0.3 is 0 Å². The number of hydrogen-bond donors (Lipinski definition) is 1. The van der Waals surface area contributed by atoms with Crippen LogP contribution in [0, 0.1) is 0 Å². The molecule has 1 aliphatic carbocycles. The molecule has 1 saturated carbocycles. The molecule has 0 bridgehead atoms. The van der Waals surface area contributed by atoms with E-state index in [1.165, 1.54) is 5.57 Å². The lowest BCUT2D eigenvalue weighted by Gasteiger charge is -2.18. The molecule has 0 aromatic carbocycles. The van der Waals surface area contributed by atoms with Gasteiger partial charge in [0, 0.05) is 0 Å². The minimum atomic E-state index is -0.0406. The summed E-state index contributed by atoms with van der Waals surface area (Å²) >= 11 is 3.29. The molecular formula is C7H11BrO. The first-order chi connectivity index (χ1) is 4.33. The number of halogens is 1. The van der Waals surface area contributed by atoms with Gasteiger partial charge in [0.15, 0.2) is 0 Å². The van der Waals surface area contributed by atoms with Gasteiger partial charge in [0.1, 0.15) is 0 Å². The third kappa shape index (κ3) is 2.11. The Balaban J connectivity index is 2.35. The van der Waals surface area contributed by atoms with Crippen molar-refractivity contribution in [3.05, 3.63) is 10.6 Å². The van der Waals surface area contributed by atoms with Crippen LogP contribution in [0.3, 0.4) is 0 Å². The molecule has 0 aromatic rings. The molecule has 0 saturated heterocycles. The van der Waals surface area contributed by atoms with Crippen LogP contribution >= 0.6 is 15.9 Å². The quantitative estimate of drug-likeness (QED) is 0.622. The maximum Gasteiger partial charge on any atom is 0.0546 e. The fourth-order valence-electron chi connectivity index (χ4n) is 1.08. The van der Waals surface area contributed by atoms with Crippen LogP contribution < -0.4 is 0 Å². The van der Waals surface area contributed by atoms with Gasteiger partial charge in [-0.1, -0.05) is 21.5 Å². The number of aliphatic hydroxyl groups is 1. The van der Waals surface area contributed by atoms with E-state index in [9.17, 15) is 0 Å². The standard InChI is InChI=1S/C7H11BrO/c8-5-6-1-3-7(9)4-2-6/h5,7,9H,1-4H2. The van der Waals surface area contributed by atoms with Gasteiger partial charge in [-0.3, -0.25) is 0 Å². The van der Waals surface area contributed by atoms with Crippen molar-refractivity contribution in [3.8, 4) is 0 Å². The lowest BCUT2D eigenvalue weighted by atomic mass is 9.94. The van der Waals surface area contributed by atoms with E-state index in [0.717, 1.165) is 25.7 Å². The van der Waals surface area contributed by atoms with Crippen LogP contribution in [-0.2, 0) is 0 Å². The van der Waals surface area contributed by atoms with E-state index in [1.807, 2.05) is 4.99 Å².